The number of pyridine rings is 1. The lowest BCUT2D eigenvalue weighted by atomic mass is 10.4. The van der Waals surface area contributed by atoms with Crippen LogP contribution in [0, 0.1) is 5.92 Å². The average Bonchev–Trinajstić information content (AvgIpc) is 3.19. The fourth-order valence-electron chi connectivity index (χ4n) is 1.83. The van der Waals surface area contributed by atoms with Gasteiger partial charge in [-0.2, -0.15) is 4.31 Å². The van der Waals surface area contributed by atoms with Crippen LogP contribution < -0.4 is 11.3 Å². The standard InChI is InChI=1S/C11H18N4O2S/c1-2-15(8-9-3-4-9)18(16,17)11-7-13-6-5-10(11)14-12/h5-7,9H,2-4,8,12H2,1H3,(H,13,14). The molecule has 1 heterocycles. The lowest BCUT2D eigenvalue weighted by molar-refractivity contribution is 0.412. The second kappa shape index (κ2) is 5.21. The molecule has 0 aromatic carbocycles. The third-order valence-electron chi connectivity index (χ3n) is 3.07. The van der Waals surface area contributed by atoms with Crippen LogP contribution in [-0.2, 0) is 10.0 Å². The molecular formula is C11H18N4O2S. The molecule has 18 heavy (non-hydrogen) atoms. The summed E-state index contributed by atoms with van der Waals surface area (Å²) in [5.74, 6) is 5.85. The van der Waals surface area contributed by atoms with Gasteiger partial charge in [-0.25, -0.2) is 8.42 Å². The first-order valence-corrected chi connectivity index (χ1v) is 7.44. The van der Waals surface area contributed by atoms with Crippen LogP contribution in [-0.4, -0.2) is 30.8 Å². The minimum atomic E-state index is -3.52. The van der Waals surface area contributed by atoms with Gasteiger partial charge in [0.1, 0.15) is 4.90 Å². The first kappa shape index (κ1) is 13.3. The molecule has 0 radical (unpaired) electrons. The summed E-state index contributed by atoms with van der Waals surface area (Å²) in [5.41, 5.74) is 2.78. The predicted octanol–water partition coefficient (Wildman–Crippen LogP) is 0.788. The maximum absolute atomic E-state index is 12.5. The van der Waals surface area contributed by atoms with E-state index >= 15 is 0 Å². The van der Waals surface area contributed by atoms with Gasteiger partial charge >= 0.3 is 0 Å². The summed E-state index contributed by atoms with van der Waals surface area (Å²) in [4.78, 5) is 4.00. The Labute approximate surface area is 107 Å². The van der Waals surface area contributed by atoms with Gasteiger partial charge in [-0.1, -0.05) is 6.92 Å². The predicted molar refractivity (Wildman–Crippen MR) is 69.2 cm³/mol. The van der Waals surface area contributed by atoms with Crippen molar-refractivity contribution in [2.24, 2.45) is 11.8 Å². The Hall–Kier alpha value is -1.18. The van der Waals surface area contributed by atoms with Crippen molar-refractivity contribution < 1.29 is 8.42 Å². The molecule has 1 fully saturated rings. The Kier molecular flexibility index (Phi) is 3.84. The highest BCUT2D eigenvalue weighted by Crippen LogP contribution is 2.32. The van der Waals surface area contributed by atoms with E-state index in [2.05, 4.69) is 10.4 Å². The van der Waals surface area contributed by atoms with E-state index in [1.54, 1.807) is 6.07 Å². The van der Waals surface area contributed by atoms with Crippen LogP contribution in [0.2, 0.25) is 0 Å². The van der Waals surface area contributed by atoms with Gasteiger partial charge < -0.3 is 5.43 Å². The average molecular weight is 270 g/mol. The summed E-state index contributed by atoms with van der Waals surface area (Å²) in [6.07, 6.45) is 5.06. The largest absolute Gasteiger partial charge is 0.323 e. The number of anilines is 1. The van der Waals surface area contributed by atoms with Gasteiger partial charge in [0.25, 0.3) is 0 Å². The molecule has 1 saturated carbocycles. The number of nitrogens with zero attached hydrogens (tertiary/aromatic N) is 2. The number of hydrogen-bond acceptors (Lipinski definition) is 5. The summed E-state index contributed by atoms with van der Waals surface area (Å²) in [6.45, 7) is 2.88. The van der Waals surface area contributed by atoms with Crippen LogP contribution >= 0.6 is 0 Å². The van der Waals surface area contributed by atoms with E-state index in [-0.39, 0.29) is 4.90 Å². The van der Waals surface area contributed by atoms with Crippen LogP contribution in [0.15, 0.2) is 23.4 Å². The third-order valence-corrected chi connectivity index (χ3v) is 5.04. The van der Waals surface area contributed by atoms with Crippen molar-refractivity contribution in [3.8, 4) is 0 Å². The zero-order chi connectivity index (χ0) is 13.2. The number of nitrogens with one attached hydrogen (secondary N) is 1. The molecule has 0 spiro atoms. The number of nitrogen functional groups attached to an aromatic ring is 1. The second-order valence-electron chi connectivity index (χ2n) is 4.42. The lowest BCUT2D eigenvalue weighted by Crippen LogP contribution is -2.33. The summed E-state index contributed by atoms with van der Waals surface area (Å²) in [6, 6.07) is 1.55. The van der Waals surface area contributed by atoms with Gasteiger partial charge in [-0.15, -0.1) is 0 Å². The SMILES string of the molecule is CCN(CC1CC1)S(=O)(=O)c1cnccc1NN. The second-order valence-corrected chi connectivity index (χ2v) is 6.32. The molecule has 1 aliphatic rings. The molecule has 7 heteroatoms. The van der Waals surface area contributed by atoms with Gasteiger partial charge in [-0.05, 0) is 24.8 Å². The zero-order valence-corrected chi connectivity index (χ0v) is 11.2. The highest BCUT2D eigenvalue weighted by Gasteiger charge is 2.32. The Balaban J connectivity index is 2.32. The van der Waals surface area contributed by atoms with Gasteiger partial charge in [0, 0.05) is 25.5 Å². The maximum Gasteiger partial charge on any atom is 0.246 e. The van der Waals surface area contributed by atoms with Crippen molar-refractivity contribution in [2.45, 2.75) is 24.7 Å². The number of hydrazine groups is 1. The van der Waals surface area contributed by atoms with Crippen molar-refractivity contribution in [3.63, 3.8) is 0 Å². The Morgan fingerprint density at radius 1 is 1.56 bits per heavy atom. The molecule has 0 amide bonds. The summed E-state index contributed by atoms with van der Waals surface area (Å²) in [5, 5.41) is 0. The molecule has 3 N–H and O–H groups in total. The number of nitrogens with two attached hydrogens (primary N) is 1. The summed E-state index contributed by atoms with van der Waals surface area (Å²) >= 11 is 0. The molecule has 1 aromatic rings. The van der Waals surface area contributed by atoms with E-state index in [1.165, 1.54) is 16.7 Å². The van der Waals surface area contributed by atoms with Gasteiger partial charge in [0.05, 0.1) is 5.69 Å². The molecule has 1 aliphatic carbocycles. The topological polar surface area (TPSA) is 88.3 Å². The summed E-state index contributed by atoms with van der Waals surface area (Å²) in [7, 11) is -3.52. The van der Waals surface area contributed by atoms with Crippen molar-refractivity contribution in [3.05, 3.63) is 18.5 Å². The molecule has 0 atom stereocenters. The Morgan fingerprint density at radius 2 is 2.28 bits per heavy atom. The van der Waals surface area contributed by atoms with Crippen LogP contribution in [0.1, 0.15) is 19.8 Å². The molecule has 6 nitrogen and oxygen atoms in total. The van der Waals surface area contributed by atoms with Gasteiger partial charge in [0.2, 0.25) is 10.0 Å². The third kappa shape index (κ3) is 2.63. The smallest absolute Gasteiger partial charge is 0.246 e. The van der Waals surface area contributed by atoms with Gasteiger partial charge in [-0.3, -0.25) is 10.8 Å². The van der Waals surface area contributed by atoms with Crippen molar-refractivity contribution in [1.29, 1.82) is 0 Å². The highest BCUT2D eigenvalue weighted by atomic mass is 32.2. The van der Waals surface area contributed by atoms with Crippen molar-refractivity contribution in [1.82, 2.24) is 9.29 Å². The van der Waals surface area contributed by atoms with Crippen molar-refractivity contribution in [2.75, 3.05) is 18.5 Å². The molecule has 0 bridgehead atoms. The molecular weight excluding hydrogens is 252 g/mol. The molecule has 0 unspecified atom stereocenters. The monoisotopic (exact) mass is 270 g/mol. The number of hydrogen-bond donors (Lipinski definition) is 2. The van der Waals surface area contributed by atoms with E-state index < -0.39 is 10.0 Å². The number of aromatic nitrogens is 1. The van der Waals surface area contributed by atoms with E-state index in [1.807, 2.05) is 6.92 Å². The minimum absolute atomic E-state index is 0.134. The van der Waals surface area contributed by atoms with E-state index in [4.69, 9.17) is 5.84 Å². The molecule has 0 saturated heterocycles. The number of sulfonamides is 1. The molecule has 0 aliphatic heterocycles. The Morgan fingerprint density at radius 3 is 2.83 bits per heavy atom. The lowest BCUT2D eigenvalue weighted by Gasteiger charge is -2.21. The highest BCUT2D eigenvalue weighted by molar-refractivity contribution is 7.89. The van der Waals surface area contributed by atoms with Crippen molar-refractivity contribution >= 4 is 15.7 Å². The van der Waals surface area contributed by atoms with E-state index in [9.17, 15) is 8.42 Å². The van der Waals surface area contributed by atoms with E-state index in [0.29, 0.717) is 24.7 Å². The van der Waals surface area contributed by atoms with Crippen LogP contribution in [0.5, 0.6) is 0 Å². The number of rotatable bonds is 6. The Bertz CT molecular complexity index is 514. The van der Waals surface area contributed by atoms with Crippen LogP contribution in [0.4, 0.5) is 5.69 Å². The first-order valence-electron chi connectivity index (χ1n) is 6.00. The molecule has 100 valence electrons. The van der Waals surface area contributed by atoms with E-state index in [0.717, 1.165) is 12.8 Å². The zero-order valence-electron chi connectivity index (χ0n) is 10.3. The van der Waals surface area contributed by atoms with Gasteiger partial charge in [0.15, 0.2) is 0 Å². The first-order chi connectivity index (χ1) is 8.59. The quantitative estimate of drug-likeness (QED) is 0.589. The normalized spacial score (nSPS) is 15.9. The fourth-order valence-corrected chi connectivity index (χ4v) is 3.45. The summed E-state index contributed by atoms with van der Waals surface area (Å²) < 4.78 is 26.5. The molecule has 1 aromatic heterocycles. The minimum Gasteiger partial charge on any atom is -0.323 e. The molecule has 2 rings (SSSR count). The fraction of sp³-hybridized carbons (Fsp3) is 0.545. The maximum atomic E-state index is 12.5. The van der Waals surface area contributed by atoms with Crippen LogP contribution in [0.25, 0.3) is 0 Å². The van der Waals surface area contributed by atoms with Crippen LogP contribution in [0.3, 0.4) is 0 Å².